The van der Waals surface area contributed by atoms with Crippen molar-refractivity contribution >= 4 is 21.9 Å². The number of nitrogens with zero attached hydrogens (tertiary/aromatic N) is 7. The first-order chi connectivity index (χ1) is 12.0. The van der Waals surface area contributed by atoms with Gasteiger partial charge in [-0.25, -0.2) is 18.1 Å². The van der Waals surface area contributed by atoms with E-state index in [1.54, 1.807) is 21.4 Å². The van der Waals surface area contributed by atoms with E-state index in [-0.39, 0.29) is 17.5 Å². The number of hydrogen-bond acceptors (Lipinski definition) is 8. The Morgan fingerprint density at radius 2 is 1.58 bits per heavy atom. The van der Waals surface area contributed by atoms with Gasteiger partial charge in [0.1, 0.15) is 5.82 Å². The Morgan fingerprint density at radius 3 is 2.00 bits per heavy atom. The number of hydrogen-bond donors (Lipinski definition) is 1. The van der Waals surface area contributed by atoms with E-state index in [1.807, 2.05) is 42.0 Å². The monoisotopic (exact) mass is 382 g/mol. The Kier molecular flexibility index (Phi) is 5.81. The standard InChI is InChI=1S/C15H26N8O2S/c1-10(2)13-19-12(9-23(13)7)26(24,25)16-8-11-17-14(21(3)4)20-15(18-11)22(5)6/h9-10,16H,8H2,1-7H3. The summed E-state index contributed by atoms with van der Waals surface area (Å²) >= 11 is 0. The fourth-order valence-electron chi connectivity index (χ4n) is 2.23. The normalized spacial score (nSPS) is 11.8. The molecule has 0 saturated heterocycles. The van der Waals surface area contributed by atoms with Gasteiger partial charge in [0.25, 0.3) is 10.0 Å². The van der Waals surface area contributed by atoms with Crippen molar-refractivity contribution in [2.24, 2.45) is 7.05 Å². The molecular weight excluding hydrogens is 356 g/mol. The number of aryl methyl sites for hydroxylation is 1. The van der Waals surface area contributed by atoms with Gasteiger partial charge in [0.05, 0.1) is 6.54 Å². The van der Waals surface area contributed by atoms with Crippen molar-refractivity contribution in [1.29, 1.82) is 0 Å². The van der Waals surface area contributed by atoms with Crippen LogP contribution in [-0.4, -0.2) is 61.1 Å². The van der Waals surface area contributed by atoms with E-state index in [0.717, 1.165) is 0 Å². The molecule has 0 bridgehead atoms. The van der Waals surface area contributed by atoms with Crippen LogP contribution in [0.1, 0.15) is 31.4 Å². The van der Waals surface area contributed by atoms with Crippen LogP contribution in [0.2, 0.25) is 0 Å². The third-order valence-corrected chi connectivity index (χ3v) is 4.83. The topological polar surface area (TPSA) is 109 Å². The summed E-state index contributed by atoms with van der Waals surface area (Å²) in [5.74, 6) is 2.07. The van der Waals surface area contributed by atoms with Gasteiger partial charge in [-0.15, -0.1) is 0 Å². The van der Waals surface area contributed by atoms with Crippen LogP contribution >= 0.6 is 0 Å². The molecule has 2 heterocycles. The lowest BCUT2D eigenvalue weighted by molar-refractivity contribution is 0.575. The number of nitrogens with one attached hydrogen (secondary N) is 1. The van der Waals surface area contributed by atoms with Crippen molar-refractivity contribution in [2.75, 3.05) is 38.0 Å². The lowest BCUT2D eigenvalue weighted by Crippen LogP contribution is -2.26. The van der Waals surface area contributed by atoms with Gasteiger partial charge in [-0.1, -0.05) is 13.8 Å². The zero-order valence-electron chi connectivity index (χ0n) is 16.2. The van der Waals surface area contributed by atoms with E-state index in [2.05, 4.69) is 24.7 Å². The molecule has 2 rings (SSSR count). The maximum absolute atomic E-state index is 12.6. The average Bonchev–Trinajstić information content (AvgIpc) is 2.95. The first-order valence-electron chi connectivity index (χ1n) is 8.13. The largest absolute Gasteiger partial charge is 0.347 e. The molecular formula is C15H26N8O2S. The van der Waals surface area contributed by atoms with Gasteiger partial charge in [-0.3, -0.25) is 0 Å². The molecule has 144 valence electrons. The molecule has 2 aromatic heterocycles. The van der Waals surface area contributed by atoms with Gasteiger partial charge >= 0.3 is 0 Å². The Balaban J connectivity index is 2.25. The Bertz CT molecular complexity index is 848. The van der Waals surface area contributed by atoms with Crippen LogP contribution in [-0.2, 0) is 23.6 Å². The summed E-state index contributed by atoms with van der Waals surface area (Å²) in [6.07, 6.45) is 1.50. The third-order valence-electron chi connectivity index (χ3n) is 3.56. The van der Waals surface area contributed by atoms with Gasteiger partial charge in [-0.2, -0.15) is 15.0 Å². The fourth-order valence-corrected chi connectivity index (χ4v) is 3.20. The molecule has 0 radical (unpaired) electrons. The Labute approximate surface area is 154 Å². The van der Waals surface area contributed by atoms with Crippen molar-refractivity contribution in [3.8, 4) is 0 Å². The van der Waals surface area contributed by atoms with Gasteiger partial charge < -0.3 is 14.4 Å². The Morgan fingerprint density at radius 1 is 1.04 bits per heavy atom. The molecule has 0 aliphatic heterocycles. The molecule has 2 aromatic rings. The Hall–Kier alpha value is -2.27. The van der Waals surface area contributed by atoms with E-state index in [9.17, 15) is 8.42 Å². The molecule has 0 aromatic carbocycles. The smallest absolute Gasteiger partial charge is 0.260 e. The van der Waals surface area contributed by atoms with E-state index in [4.69, 9.17) is 0 Å². The highest BCUT2D eigenvalue weighted by atomic mass is 32.2. The summed E-state index contributed by atoms with van der Waals surface area (Å²) in [6.45, 7) is 3.87. The molecule has 0 aliphatic carbocycles. The van der Waals surface area contributed by atoms with E-state index in [1.165, 1.54) is 6.20 Å². The van der Waals surface area contributed by atoms with E-state index < -0.39 is 10.0 Å². The number of anilines is 2. The molecule has 0 unspecified atom stereocenters. The van der Waals surface area contributed by atoms with Crippen molar-refractivity contribution in [3.05, 3.63) is 17.8 Å². The van der Waals surface area contributed by atoms with E-state index >= 15 is 0 Å². The number of imidazole rings is 1. The molecule has 10 nitrogen and oxygen atoms in total. The maximum Gasteiger partial charge on any atom is 0.260 e. The van der Waals surface area contributed by atoms with E-state index in [0.29, 0.717) is 23.5 Å². The average molecular weight is 382 g/mol. The van der Waals surface area contributed by atoms with Crippen LogP contribution in [0.5, 0.6) is 0 Å². The van der Waals surface area contributed by atoms with Crippen LogP contribution < -0.4 is 14.5 Å². The minimum Gasteiger partial charge on any atom is -0.347 e. The highest BCUT2D eigenvalue weighted by Gasteiger charge is 2.21. The second-order valence-electron chi connectivity index (χ2n) is 6.67. The predicted octanol–water partition coefficient (Wildman–Crippen LogP) is 0.339. The second kappa shape index (κ2) is 7.54. The summed E-state index contributed by atoms with van der Waals surface area (Å²) < 4.78 is 29.3. The highest BCUT2D eigenvalue weighted by Crippen LogP contribution is 2.16. The molecule has 0 fully saturated rings. The van der Waals surface area contributed by atoms with Crippen molar-refractivity contribution in [1.82, 2.24) is 29.2 Å². The number of aromatic nitrogens is 5. The summed E-state index contributed by atoms with van der Waals surface area (Å²) in [4.78, 5) is 20.6. The van der Waals surface area contributed by atoms with Crippen LogP contribution in [0, 0.1) is 0 Å². The van der Waals surface area contributed by atoms with Crippen LogP contribution in [0.4, 0.5) is 11.9 Å². The second-order valence-corrected chi connectivity index (χ2v) is 8.38. The predicted molar refractivity (Wildman–Crippen MR) is 99.8 cm³/mol. The van der Waals surface area contributed by atoms with Gasteiger partial charge in [-0.05, 0) is 0 Å². The molecule has 0 atom stereocenters. The summed E-state index contributed by atoms with van der Waals surface area (Å²) in [6, 6.07) is 0. The number of sulfonamides is 1. The first-order valence-corrected chi connectivity index (χ1v) is 9.62. The molecule has 0 spiro atoms. The SMILES string of the molecule is CC(C)c1nc(S(=O)(=O)NCc2nc(N(C)C)nc(N(C)C)n2)cn1C. The molecule has 0 amide bonds. The van der Waals surface area contributed by atoms with Crippen molar-refractivity contribution in [2.45, 2.75) is 31.3 Å². The lowest BCUT2D eigenvalue weighted by Gasteiger charge is -2.16. The van der Waals surface area contributed by atoms with Crippen LogP contribution in [0.3, 0.4) is 0 Å². The van der Waals surface area contributed by atoms with Crippen LogP contribution in [0.25, 0.3) is 0 Å². The fraction of sp³-hybridized carbons (Fsp3) is 0.600. The molecule has 11 heteroatoms. The van der Waals surface area contributed by atoms with Gasteiger partial charge in [0.2, 0.25) is 11.9 Å². The number of rotatable bonds is 7. The molecule has 0 aliphatic rings. The summed E-state index contributed by atoms with van der Waals surface area (Å²) in [5, 5.41) is -0.0153. The van der Waals surface area contributed by atoms with Gasteiger partial charge in [0, 0.05) is 47.4 Å². The molecule has 1 N–H and O–H groups in total. The zero-order valence-corrected chi connectivity index (χ0v) is 17.0. The summed E-state index contributed by atoms with van der Waals surface area (Å²) in [5.41, 5.74) is 0. The third kappa shape index (κ3) is 4.47. The van der Waals surface area contributed by atoms with Gasteiger partial charge in [0.15, 0.2) is 10.9 Å². The van der Waals surface area contributed by atoms with Crippen LogP contribution in [0.15, 0.2) is 11.2 Å². The molecule has 26 heavy (non-hydrogen) atoms. The molecule has 0 saturated carbocycles. The first kappa shape index (κ1) is 20.0. The highest BCUT2D eigenvalue weighted by molar-refractivity contribution is 7.89. The van der Waals surface area contributed by atoms with Crippen molar-refractivity contribution in [3.63, 3.8) is 0 Å². The maximum atomic E-state index is 12.6. The quantitative estimate of drug-likeness (QED) is 0.730. The van der Waals surface area contributed by atoms with Crippen molar-refractivity contribution < 1.29 is 8.42 Å². The lowest BCUT2D eigenvalue weighted by atomic mass is 10.2. The summed E-state index contributed by atoms with van der Waals surface area (Å²) in [7, 11) is 5.25. The zero-order chi connectivity index (χ0) is 19.6. The minimum atomic E-state index is -3.77. The minimum absolute atomic E-state index is 0.0153.